The topological polar surface area (TPSA) is 59.3 Å². The largest absolute Gasteiger partial charge is 0.478 e. The minimum absolute atomic E-state index is 0.106. The fourth-order valence-electron chi connectivity index (χ4n) is 1.01. The van der Waals surface area contributed by atoms with Crippen LogP contribution in [0, 0.1) is 11.3 Å². The van der Waals surface area contributed by atoms with Crippen LogP contribution >= 0.6 is 15.9 Å². The number of ether oxygens (including phenoxy) is 2. The van der Waals surface area contributed by atoms with Gasteiger partial charge in [-0.1, -0.05) is 15.9 Å². The Kier molecular flexibility index (Phi) is 4.13. The summed E-state index contributed by atoms with van der Waals surface area (Å²) in [5.74, 6) is -0.157. The van der Waals surface area contributed by atoms with Crippen LogP contribution in [0.15, 0.2) is 22.7 Å². The molecule has 0 radical (unpaired) electrons. The Bertz CT molecular complexity index is 412. The summed E-state index contributed by atoms with van der Waals surface area (Å²) in [6.45, 7) is -0.106. The van der Waals surface area contributed by atoms with Gasteiger partial charge in [0.1, 0.15) is 17.4 Å². The second kappa shape index (κ2) is 5.37. The van der Waals surface area contributed by atoms with Gasteiger partial charge in [0.15, 0.2) is 6.61 Å². The van der Waals surface area contributed by atoms with E-state index in [1.165, 1.54) is 7.11 Å². The highest BCUT2D eigenvalue weighted by Crippen LogP contribution is 2.23. The molecule has 78 valence electrons. The van der Waals surface area contributed by atoms with Crippen molar-refractivity contribution in [2.45, 2.75) is 0 Å². The number of nitriles is 1. The van der Waals surface area contributed by atoms with Crippen molar-refractivity contribution in [3.05, 3.63) is 28.2 Å². The standard InChI is InChI=1S/C10H8BrNO3/c1-14-10(13)8-6-7(11)2-3-9(8)15-5-4-12/h2-3,6H,5H2,1H3. The first kappa shape index (κ1) is 11.5. The molecule has 0 aliphatic carbocycles. The fraction of sp³-hybridized carbons (Fsp3) is 0.200. The molecule has 0 aliphatic rings. The number of nitrogens with zero attached hydrogens (tertiary/aromatic N) is 1. The van der Waals surface area contributed by atoms with Crippen molar-refractivity contribution in [3.63, 3.8) is 0 Å². The maximum atomic E-state index is 11.3. The van der Waals surface area contributed by atoms with Crippen LogP contribution in [-0.2, 0) is 4.74 Å². The number of carbonyl (C=O) groups excluding carboxylic acids is 1. The molecule has 0 heterocycles. The average molecular weight is 270 g/mol. The number of rotatable bonds is 3. The van der Waals surface area contributed by atoms with Gasteiger partial charge >= 0.3 is 5.97 Å². The quantitative estimate of drug-likeness (QED) is 0.789. The molecule has 0 bridgehead atoms. The monoisotopic (exact) mass is 269 g/mol. The lowest BCUT2D eigenvalue weighted by atomic mass is 10.2. The van der Waals surface area contributed by atoms with Crippen molar-refractivity contribution in [1.29, 1.82) is 5.26 Å². The molecule has 15 heavy (non-hydrogen) atoms. The molecule has 0 aromatic heterocycles. The smallest absolute Gasteiger partial charge is 0.341 e. The van der Waals surface area contributed by atoms with E-state index in [1.54, 1.807) is 18.2 Å². The molecule has 0 saturated carbocycles. The number of esters is 1. The van der Waals surface area contributed by atoms with Gasteiger partial charge in [0.05, 0.1) is 7.11 Å². The minimum Gasteiger partial charge on any atom is -0.478 e. The Labute approximate surface area is 95.5 Å². The zero-order valence-electron chi connectivity index (χ0n) is 7.99. The molecular weight excluding hydrogens is 262 g/mol. The minimum atomic E-state index is -0.496. The molecule has 0 unspecified atom stereocenters. The summed E-state index contributed by atoms with van der Waals surface area (Å²) < 4.78 is 10.4. The van der Waals surface area contributed by atoms with Crippen LogP contribution in [0.1, 0.15) is 10.4 Å². The first-order valence-electron chi connectivity index (χ1n) is 4.06. The van der Waals surface area contributed by atoms with Crippen molar-refractivity contribution in [2.24, 2.45) is 0 Å². The Morgan fingerprint density at radius 2 is 2.33 bits per heavy atom. The van der Waals surface area contributed by atoms with Crippen LogP contribution in [0.5, 0.6) is 5.75 Å². The number of carbonyl (C=O) groups is 1. The van der Waals surface area contributed by atoms with Gasteiger partial charge in [0, 0.05) is 4.47 Å². The SMILES string of the molecule is COC(=O)c1cc(Br)ccc1OCC#N. The Hall–Kier alpha value is -1.54. The van der Waals surface area contributed by atoms with Gasteiger partial charge in [0.2, 0.25) is 0 Å². The summed E-state index contributed by atoms with van der Waals surface area (Å²) in [5.41, 5.74) is 0.294. The normalized spacial score (nSPS) is 9.13. The highest BCUT2D eigenvalue weighted by molar-refractivity contribution is 9.10. The van der Waals surface area contributed by atoms with Crippen molar-refractivity contribution >= 4 is 21.9 Å². The highest BCUT2D eigenvalue weighted by Gasteiger charge is 2.13. The molecule has 4 nitrogen and oxygen atoms in total. The van der Waals surface area contributed by atoms with E-state index in [4.69, 9.17) is 10.00 Å². The van der Waals surface area contributed by atoms with Gasteiger partial charge in [0.25, 0.3) is 0 Å². The zero-order chi connectivity index (χ0) is 11.3. The van der Waals surface area contributed by atoms with E-state index in [2.05, 4.69) is 20.7 Å². The molecule has 0 fully saturated rings. The van der Waals surface area contributed by atoms with E-state index < -0.39 is 5.97 Å². The van der Waals surface area contributed by atoms with Crippen molar-refractivity contribution < 1.29 is 14.3 Å². The average Bonchev–Trinajstić information content (AvgIpc) is 2.26. The Morgan fingerprint density at radius 1 is 1.60 bits per heavy atom. The molecule has 0 atom stereocenters. The van der Waals surface area contributed by atoms with Crippen molar-refractivity contribution in [1.82, 2.24) is 0 Å². The first-order valence-corrected chi connectivity index (χ1v) is 4.86. The molecule has 1 rings (SSSR count). The van der Waals surface area contributed by atoms with Crippen molar-refractivity contribution in [3.8, 4) is 11.8 Å². The van der Waals surface area contributed by atoms with Crippen LogP contribution in [0.3, 0.4) is 0 Å². The van der Waals surface area contributed by atoms with Gasteiger partial charge in [-0.25, -0.2) is 4.79 Å². The number of halogens is 1. The lowest BCUT2D eigenvalue weighted by molar-refractivity contribution is 0.0596. The van der Waals surface area contributed by atoms with Gasteiger partial charge in [-0.15, -0.1) is 0 Å². The molecule has 5 heteroatoms. The highest BCUT2D eigenvalue weighted by atomic mass is 79.9. The van der Waals surface area contributed by atoms with Gasteiger partial charge in [-0.3, -0.25) is 0 Å². The summed E-state index contributed by atoms with van der Waals surface area (Å²) in [5, 5.41) is 8.37. The van der Waals surface area contributed by atoms with E-state index in [1.807, 2.05) is 6.07 Å². The van der Waals surface area contributed by atoms with Crippen LogP contribution in [0.4, 0.5) is 0 Å². The van der Waals surface area contributed by atoms with Gasteiger partial charge < -0.3 is 9.47 Å². The number of methoxy groups -OCH3 is 1. The van der Waals surface area contributed by atoms with Gasteiger partial charge in [-0.2, -0.15) is 5.26 Å². The summed E-state index contributed by atoms with van der Waals surface area (Å²) >= 11 is 3.23. The Balaban J connectivity index is 3.04. The molecule has 0 saturated heterocycles. The van der Waals surface area contributed by atoms with Crippen molar-refractivity contribution in [2.75, 3.05) is 13.7 Å². The molecule has 1 aromatic rings. The second-order valence-corrected chi connectivity index (χ2v) is 3.49. The molecular formula is C10H8BrNO3. The maximum absolute atomic E-state index is 11.3. The maximum Gasteiger partial charge on any atom is 0.341 e. The summed E-state index contributed by atoms with van der Waals surface area (Å²) in [6.07, 6.45) is 0. The van der Waals surface area contributed by atoms with Crippen LogP contribution in [0.25, 0.3) is 0 Å². The third kappa shape index (κ3) is 2.96. The summed E-state index contributed by atoms with van der Waals surface area (Å²) in [6, 6.07) is 6.74. The number of benzene rings is 1. The predicted molar refractivity (Wildman–Crippen MR) is 56.6 cm³/mol. The third-order valence-electron chi connectivity index (χ3n) is 1.64. The van der Waals surface area contributed by atoms with E-state index in [-0.39, 0.29) is 6.61 Å². The van der Waals surface area contributed by atoms with Crippen LogP contribution in [-0.4, -0.2) is 19.7 Å². The fourth-order valence-corrected chi connectivity index (χ4v) is 1.37. The van der Waals surface area contributed by atoms with Gasteiger partial charge in [-0.05, 0) is 18.2 Å². The van der Waals surface area contributed by atoms with E-state index in [0.29, 0.717) is 11.3 Å². The summed E-state index contributed by atoms with van der Waals surface area (Å²) in [4.78, 5) is 11.3. The first-order chi connectivity index (χ1) is 7.19. The molecule has 0 amide bonds. The van der Waals surface area contributed by atoms with E-state index >= 15 is 0 Å². The third-order valence-corrected chi connectivity index (χ3v) is 2.13. The molecule has 0 spiro atoms. The van der Waals surface area contributed by atoms with E-state index in [0.717, 1.165) is 4.47 Å². The predicted octanol–water partition coefficient (Wildman–Crippen LogP) is 2.14. The molecule has 0 aliphatic heterocycles. The molecule has 1 aromatic carbocycles. The zero-order valence-corrected chi connectivity index (χ0v) is 9.58. The number of hydrogen-bond donors (Lipinski definition) is 0. The Morgan fingerprint density at radius 3 is 2.93 bits per heavy atom. The lowest BCUT2D eigenvalue weighted by Crippen LogP contribution is -2.05. The van der Waals surface area contributed by atoms with Crippen LogP contribution < -0.4 is 4.74 Å². The lowest BCUT2D eigenvalue weighted by Gasteiger charge is -2.07. The number of hydrogen-bond acceptors (Lipinski definition) is 4. The second-order valence-electron chi connectivity index (χ2n) is 2.58. The van der Waals surface area contributed by atoms with Crippen LogP contribution in [0.2, 0.25) is 0 Å². The summed E-state index contributed by atoms with van der Waals surface area (Å²) in [7, 11) is 1.29. The molecule has 0 N–H and O–H groups in total. The van der Waals surface area contributed by atoms with E-state index in [9.17, 15) is 4.79 Å².